The average Bonchev–Trinajstić information content (AvgIpc) is 2.57. The molecule has 6 heteroatoms. The first-order valence-corrected chi connectivity index (χ1v) is 7.12. The molecular weight excluding hydrogens is 294 g/mol. The van der Waals surface area contributed by atoms with Gasteiger partial charge in [0, 0.05) is 18.4 Å². The lowest BCUT2D eigenvalue weighted by atomic mass is 10.1. The number of urea groups is 1. The Labute approximate surface area is 134 Å². The van der Waals surface area contributed by atoms with Gasteiger partial charge in [-0.25, -0.2) is 4.79 Å². The van der Waals surface area contributed by atoms with E-state index in [1.165, 1.54) is 0 Å². The van der Waals surface area contributed by atoms with Crippen LogP contribution in [-0.4, -0.2) is 26.1 Å². The van der Waals surface area contributed by atoms with Crippen molar-refractivity contribution in [3.8, 4) is 5.75 Å². The monoisotopic (exact) mass is 313 g/mol. The van der Waals surface area contributed by atoms with Gasteiger partial charge in [0.05, 0.1) is 13.5 Å². The van der Waals surface area contributed by atoms with Gasteiger partial charge >= 0.3 is 6.03 Å². The standard InChI is InChI=1S/C17H19N3O3/c1-18-17(22)20-14-7-5-13(6-8-14)19-16(21)11-12-3-9-15(23-2)10-4-12/h3-10H,11H2,1-2H3,(H,19,21)(H2,18,20,22). The maximum atomic E-state index is 12.0. The van der Waals surface area contributed by atoms with E-state index in [2.05, 4.69) is 16.0 Å². The molecule has 0 saturated carbocycles. The topological polar surface area (TPSA) is 79.5 Å². The number of benzene rings is 2. The number of nitrogens with one attached hydrogen (secondary N) is 3. The molecule has 2 rings (SSSR count). The fourth-order valence-corrected chi connectivity index (χ4v) is 1.96. The number of carbonyl (C=O) groups is 2. The zero-order valence-corrected chi connectivity index (χ0v) is 13.1. The second-order valence-corrected chi connectivity index (χ2v) is 4.85. The molecule has 0 unspecified atom stereocenters. The highest BCUT2D eigenvalue weighted by Gasteiger charge is 2.05. The zero-order valence-electron chi connectivity index (χ0n) is 13.1. The Morgan fingerprint density at radius 3 is 2.00 bits per heavy atom. The molecule has 3 N–H and O–H groups in total. The van der Waals surface area contributed by atoms with E-state index < -0.39 is 0 Å². The predicted octanol–water partition coefficient (Wildman–Crippen LogP) is 2.63. The van der Waals surface area contributed by atoms with Gasteiger partial charge in [0.25, 0.3) is 0 Å². The number of hydrogen-bond acceptors (Lipinski definition) is 3. The van der Waals surface area contributed by atoms with Crippen molar-refractivity contribution in [2.24, 2.45) is 0 Å². The first-order valence-electron chi connectivity index (χ1n) is 7.12. The van der Waals surface area contributed by atoms with Crippen molar-refractivity contribution in [1.29, 1.82) is 0 Å². The van der Waals surface area contributed by atoms with Crippen molar-refractivity contribution in [3.63, 3.8) is 0 Å². The number of rotatable bonds is 5. The van der Waals surface area contributed by atoms with E-state index in [4.69, 9.17) is 4.74 Å². The summed E-state index contributed by atoms with van der Waals surface area (Å²) in [6.07, 6.45) is 0.280. The molecule has 0 aliphatic rings. The molecule has 6 nitrogen and oxygen atoms in total. The van der Waals surface area contributed by atoms with E-state index >= 15 is 0 Å². The van der Waals surface area contributed by atoms with Gasteiger partial charge in [-0.2, -0.15) is 0 Å². The van der Waals surface area contributed by atoms with Crippen molar-refractivity contribution >= 4 is 23.3 Å². The number of hydrogen-bond donors (Lipinski definition) is 3. The molecule has 2 aromatic carbocycles. The molecule has 3 amide bonds. The molecule has 0 aliphatic heterocycles. The van der Waals surface area contributed by atoms with Gasteiger partial charge in [-0.05, 0) is 42.0 Å². The molecular formula is C17H19N3O3. The summed E-state index contributed by atoms with van der Waals surface area (Å²) in [6.45, 7) is 0. The fourth-order valence-electron chi connectivity index (χ4n) is 1.96. The van der Waals surface area contributed by atoms with Gasteiger partial charge in [-0.3, -0.25) is 4.79 Å². The van der Waals surface area contributed by atoms with Crippen LogP contribution in [0.4, 0.5) is 16.2 Å². The van der Waals surface area contributed by atoms with Crippen molar-refractivity contribution in [1.82, 2.24) is 5.32 Å². The van der Waals surface area contributed by atoms with Gasteiger partial charge in [-0.1, -0.05) is 12.1 Å². The van der Waals surface area contributed by atoms with Crippen molar-refractivity contribution in [2.75, 3.05) is 24.8 Å². The molecule has 0 saturated heterocycles. The van der Waals surface area contributed by atoms with Crippen LogP contribution in [0.2, 0.25) is 0 Å². The Morgan fingerprint density at radius 1 is 0.913 bits per heavy atom. The minimum atomic E-state index is -0.290. The highest BCUT2D eigenvalue weighted by Crippen LogP contribution is 2.15. The SMILES string of the molecule is CNC(=O)Nc1ccc(NC(=O)Cc2ccc(OC)cc2)cc1. The van der Waals surface area contributed by atoms with Crippen molar-refractivity contribution in [2.45, 2.75) is 6.42 Å². The minimum absolute atomic E-state index is 0.109. The lowest BCUT2D eigenvalue weighted by Crippen LogP contribution is -2.24. The summed E-state index contributed by atoms with van der Waals surface area (Å²) in [5.41, 5.74) is 2.23. The summed E-state index contributed by atoms with van der Waals surface area (Å²) in [5, 5.41) is 7.93. The summed E-state index contributed by atoms with van der Waals surface area (Å²) in [6, 6.07) is 14.0. The van der Waals surface area contributed by atoms with E-state index in [9.17, 15) is 9.59 Å². The van der Waals surface area contributed by atoms with E-state index in [-0.39, 0.29) is 18.4 Å². The van der Waals surface area contributed by atoms with Gasteiger partial charge in [0.1, 0.15) is 5.75 Å². The predicted molar refractivity (Wildman–Crippen MR) is 89.8 cm³/mol. The van der Waals surface area contributed by atoms with Gasteiger partial charge in [-0.15, -0.1) is 0 Å². The van der Waals surface area contributed by atoms with Crippen LogP contribution in [0.5, 0.6) is 5.75 Å². The van der Waals surface area contributed by atoms with E-state index in [0.717, 1.165) is 11.3 Å². The lowest BCUT2D eigenvalue weighted by molar-refractivity contribution is -0.115. The number of methoxy groups -OCH3 is 1. The summed E-state index contributed by atoms with van der Waals surface area (Å²) < 4.78 is 5.08. The van der Waals surface area contributed by atoms with Crippen LogP contribution in [-0.2, 0) is 11.2 Å². The van der Waals surface area contributed by atoms with Crippen LogP contribution < -0.4 is 20.7 Å². The van der Waals surface area contributed by atoms with Crippen LogP contribution in [0.15, 0.2) is 48.5 Å². The second-order valence-electron chi connectivity index (χ2n) is 4.85. The zero-order chi connectivity index (χ0) is 16.7. The molecule has 0 aromatic heterocycles. The Kier molecular flexibility index (Phi) is 5.57. The minimum Gasteiger partial charge on any atom is -0.497 e. The van der Waals surface area contributed by atoms with Crippen molar-refractivity contribution < 1.29 is 14.3 Å². The Bertz CT molecular complexity index is 666. The third-order valence-corrected chi connectivity index (χ3v) is 3.18. The summed E-state index contributed by atoms with van der Waals surface area (Å²) in [7, 11) is 3.15. The maximum Gasteiger partial charge on any atom is 0.318 e. The highest BCUT2D eigenvalue weighted by molar-refractivity contribution is 5.93. The van der Waals surface area contributed by atoms with Crippen molar-refractivity contribution in [3.05, 3.63) is 54.1 Å². The number of ether oxygens (including phenoxy) is 1. The molecule has 2 aromatic rings. The van der Waals surface area contributed by atoms with Crippen LogP contribution in [0.1, 0.15) is 5.56 Å². The van der Waals surface area contributed by atoms with Gasteiger partial charge < -0.3 is 20.7 Å². The highest BCUT2D eigenvalue weighted by atomic mass is 16.5. The first-order chi connectivity index (χ1) is 11.1. The van der Waals surface area contributed by atoms with Gasteiger partial charge in [0.15, 0.2) is 0 Å². The summed E-state index contributed by atoms with van der Waals surface area (Å²) >= 11 is 0. The number of amides is 3. The molecule has 0 fully saturated rings. The van der Waals surface area contributed by atoms with Gasteiger partial charge in [0.2, 0.25) is 5.91 Å². The molecule has 0 heterocycles. The third-order valence-electron chi connectivity index (χ3n) is 3.18. The van der Waals surface area contributed by atoms with Crippen LogP contribution >= 0.6 is 0 Å². The first kappa shape index (κ1) is 16.4. The number of anilines is 2. The lowest BCUT2D eigenvalue weighted by Gasteiger charge is -2.08. The molecule has 0 spiro atoms. The normalized spacial score (nSPS) is 9.83. The smallest absolute Gasteiger partial charge is 0.318 e. The molecule has 0 bridgehead atoms. The molecule has 120 valence electrons. The van der Waals surface area contributed by atoms with E-state index in [1.807, 2.05) is 24.3 Å². The third kappa shape index (κ3) is 5.03. The fraction of sp³-hybridized carbons (Fsp3) is 0.176. The molecule has 23 heavy (non-hydrogen) atoms. The largest absolute Gasteiger partial charge is 0.497 e. The average molecular weight is 313 g/mol. The maximum absolute atomic E-state index is 12.0. The van der Waals surface area contributed by atoms with Crippen LogP contribution in [0.25, 0.3) is 0 Å². The Morgan fingerprint density at radius 2 is 1.48 bits per heavy atom. The molecule has 0 radical (unpaired) electrons. The molecule has 0 aliphatic carbocycles. The van der Waals surface area contributed by atoms with Crippen LogP contribution in [0, 0.1) is 0 Å². The van der Waals surface area contributed by atoms with Crippen LogP contribution in [0.3, 0.4) is 0 Å². The van der Waals surface area contributed by atoms with E-state index in [1.54, 1.807) is 38.4 Å². The summed E-state index contributed by atoms with van der Waals surface area (Å²) in [5.74, 6) is 0.649. The second kappa shape index (κ2) is 7.84. The summed E-state index contributed by atoms with van der Waals surface area (Å²) in [4.78, 5) is 23.2. The Balaban J connectivity index is 1.90. The number of carbonyl (C=O) groups excluding carboxylic acids is 2. The van der Waals surface area contributed by atoms with E-state index in [0.29, 0.717) is 11.4 Å². The molecule has 0 atom stereocenters. The quantitative estimate of drug-likeness (QED) is 0.794. The Hall–Kier alpha value is -3.02.